The van der Waals surface area contributed by atoms with Crippen LogP contribution in [0.1, 0.15) is 33.6 Å². The molecule has 5 heteroatoms. The third kappa shape index (κ3) is 6.51. The van der Waals surface area contributed by atoms with Crippen molar-refractivity contribution in [2.45, 2.75) is 39.7 Å². The van der Waals surface area contributed by atoms with Crippen molar-refractivity contribution in [3.8, 4) is 11.5 Å². The monoisotopic (exact) mass is 417 g/mol. The molecule has 0 aliphatic carbocycles. The van der Waals surface area contributed by atoms with Crippen molar-refractivity contribution < 1.29 is 9.47 Å². The van der Waals surface area contributed by atoms with Gasteiger partial charge in [0.15, 0.2) is 0 Å². The largest absolute Gasteiger partial charge is 0.494 e. The van der Waals surface area contributed by atoms with Crippen LogP contribution in [0.5, 0.6) is 11.5 Å². The van der Waals surface area contributed by atoms with Crippen LogP contribution >= 0.6 is 0 Å². The van der Waals surface area contributed by atoms with Gasteiger partial charge < -0.3 is 14.8 Å². The average Bonchev–Trinajstić information content (AvgIpc) is 2.77. The van der Waals surface area contributed by atoms with E-state index in [0.29, 0.717) is 0 Å². The number of nitrogens with zero attached hydrogens (tertiary/aromatic N) is 1. The smallest absolute Gasteiger partial charge is 0.204 e. The van der Waals surface area contributed by atoms with E-state index in [-0.39, 0.29) is 12.1 Å². The summed E-state index contributed by atoms with van der Waals surface area (Å²) in [4.78, 5) is 1.87. The molecule has 0 aliphatic rings. The Morgan fingerprint density at radius 1 is 0.871 bits per heavy atom. The lowest BCUT2D eigenvalue weighted by Gasteiger charge is -2.26. The number of para-hydroxylation sites is 1. The minimum atomic E-state index is 0.116. The third-order valence-electron chi connectivity index (χ3n) is 4.59. The summed E-state index contributed by atoms with van der Waals surface area (Å²) < 4.78 is 11.5. The lowest BCUT2D eigenvalue weighted by Crippen LogP contribution is -2.31. The normalized spacial score (nSPS) is 10.6. The van der Waals surface area contributed by atoms with E-state index < -0.39 is 0 Å². The van der Waals surface area contributed by atoms with E-state index in [0.717, 1.165) is 48.0 Å². The van der Waals surface area contributed by atoms with Gasteiger partial charge in [-0.05, 0) is 80.9 Å². The van der Waals surface area contributed by atoms with E-state index in [1.165, 1.54) is 0 Å². The highest BCUT2D eigenvalue weighted by Crippen LogP contribution is 2.28. The highest BCUT2D eigenvalue weighted by molar-refractivity contribution is 6.08. The summed E-state index contributed by atoms with van der Waals surface area (Å²) in [7, 11) is 0. The summed E-state index contributed by atoms with van der Waals surface area (Å²) in [5.74, 6) is 1.90. The molecule has 0 unspecified atom stereocenters. The molecule has 0 aromatic heterocycles. The van der Waals surface area contributed by atoms with E-state index in [1.807, 2.05) is 97.6 Å². The first-order valence-electron chi connectivity index (χ1n) is 10.8. The van der Waals surface area contributed by atoms with Gasteiger partial charge in [0.25, 0.3) is 0 Å². The third-order valence-corrected chi connectivity index (χ3v) is 4.59. The first kappa shape index (κ1) is 22.2. The SMILES string of the molecule is CCCCOc1ccc(NC(=N)N(c2ccccc2)c2ccc(OC(C)C)cc2)cc1. The van der Waals surface area contributed by atoms with Gasteiger partial charge in [-0.1, -0.05) is 31.5 Å². The molecule has 0 spiro atoms. The number of unbranched alkanes of at least 4 members (excludes halogenated alkanes) is 1. The highest BCUT2D eigenvalue weighted by atomic mass is 16.5. The van der Waals surface area contributed by atoms with Crippen molar-refractivity contribution in [3.63, 3.8) is 0 Å². The maximum Gasteiger partial charge on any atom is 0.204 e. The van der Waals surface area contributed by atoms with Crippen LogP contribution in [0.4, 0.5) is 17.1 Å². The van der Waals surface area contributed by atoms with Gasteiger partial charge in [0, 0.05) is 17.1 Å². The van der Waals surface area contributed by atoms with Crippen molar-refractivity contribution in [3.05, 3.63) is 78.9 Å². The summed E-state index contributed by atoms with van der Waals surface area (Å²) in [5.41, 5.74) is 2.60. The van der Waals surface area contributed by atoms with E-state index in [9.17, 15) is 0 Å². The van der Waals surface area contributed by atoms with Crippen LogP contribution in [0.2, 0.25) is 0 Å². The molecule has 0 atom stereocenters. The maximum absolute atomic E-state index is 8.77. The quantitative estimate of drug-likeness (QED) is 0.227. The molecule has 0 radical (unpaired) electrons. The minimum absolute atomic E-state index is 0.116. The number of rotatable bonds is 9. The Kier molecular flexibility index (Phi) is 7.93. The zero-order valence-corrected chi connectivity index (χ0v) is 18.5. The fourth-order valence-electron chi connectivity index (χ4n) is 3.09. The Labute approximate surface area is 185 Å². The summed E-state index contributed by atoms with van der Waals surface area (Å²) in [5, 5.41) is 12.0. The average molecular weight is 418 g/mol. The van der Waals surface area contributed by atoms with Crippen molar-refractivity contribution in [2.24, 2.45) is 0 Å². The second-order valence-corrected chi connectivity index (χ2v) is 7.53. The van der Waals surface area contributed by atoms with Crippen LogP contribution in [-0.2, 0) is 0 Å². The lowest BCUT2D eigenvalue weighted by molar-refractivity contribution is 0.242. The van der Waals surface area contributed by atoms with E-state index >= 15 is 0 Å². The fraction of sp³-hybridized carbons (Fsp3) is 0.269. The van der Waals surface area contributed by atoms with Crippen LogP contribution in [-0.4, -0.2) is 18.7 Å². The number of anilines is 3. The van der Waals surface area contributed by atoms with Crippen molar-refractivity contribution >= 4 is 23.0 Å². The zero-order chi connectivity index (χ0) is 22.1. The van der Waals surface area contributed by atoms with Crippen LogP contribution in [0.15, 0.2) is 78.9 Å². The number of benzene rings is 3. The molecule has 0 bridgehead atoms. The Bertz CT molecular complexity index is 939. The summed E-state index contributed by atoms with van der Waals surface area (Å²) in [6.07, 6.45) is 2.26. The van der Waals surface area contributed by atoms with Gasteiger partial charge in [-0.2, -0.15) is 0 Å². The molecule has 162 valence electrons. The number of nitrogens with one attached hydrogen (secondary N) is 2. The molecule has 31 heavy (non-hydrogen) atoms. The molecule has 0 amide bonds. The molecular weight excluding hydrogens is 386 g/mol. The standard InChI is InChI=1S/C26H31N3O2/c1-4-5-19-30-24-15-11-21(12-16-24)28-26(27)29(22-9-7-6-8-10-22)23-13-17-25(18-14-23)31-20(2)3/h6-18,20H,4-5,19H2,1-3H3,(H2,27,28). The van der Waals surface area contributed by atoms with Crippen LogP contribution in [0.3, 0.4) is 0 Å². The van der Waals surface area contributed by atoms with Crippen LogP contribution in [0.25, 0.3) is 0 Å². The van der Waals surface area contributed by atoms with Gasteiger partial charge in [0.2, 0.25) is 5.96 Å². The molecule has 3 aromatic rings. The van der Waals surface area contributed by atoms with Gasteiger partial charge >= 0.3 is 0 Å². The Morgan fingerprint density at radius 3 is 2.10 bits per heavy atom. The molecule has 0 saturated carbocycles. The van der Waals surface area contributed by atoms with E-state index in [1.54, 1.807) is 0 Å². The fourth-order valence-corrected chi connectivity index (χ4v) is 3.09. The Morgan fingerprint density at radius 2 is 1.48 bits per heavy atom. The molecule has 0 saturated heterocycles. The van der Waals surface area contributed by atoms with Crippen molar-refractivity contribution in [2.75, 3.05) is 16.8 Å². The van der Waals surface area contributed by atoms with Gasteiger partial charge in [-0.15, -0.1) is 0 Å². The maximum atomic E-state index is 8.77. The Balaban J connectivity index is 1.77. The molecule has 0 heterocycles. The van der Waals surface area contributed by atoms with Gasteiger partial charge in [0.1, 0.15) is 11.5 Å². The molecule has 3 rings (SSSR count). The first-order chi connectivity index (χ1) is 15.1. The second-order valence-electron chi connectivity index (χ2n) is 7.53. The molecule has 0 fully saturated rings. The van der Waals surface area contributed by atoms with Gasteiger partial charge in [-0.3, -0.25) is 10.3 Å². The van der Waals surface area contributed by atoms with Gasteiger partial charge in [0.05, 0.1) is 12.7 Å². The number of hydrogen-bond donors (Lipinski definition) is 2. The number of guanidine groups is 1. The zero-order valence-electron chi connectivity index (χ0n) is 18.5. The molecule has 2 N–H and O–H groups in total. The molecule has 5 nitrogen and oxygen atoms in total. The second kappa shape index (κ2) is 11.1. The predicted molar refractivity (Wildman–Crippen MR) is 129 cm³/mol. The first-order valence-corrected chi connectivity index (χ1v) is 10.8. The lowest BCUT2D eigenvalue weighted by atomic mass is 10.2. The number of ether oxygens (including phenoxy) is 2. The predicted octanol–water partition coefficient (Wildman–Crippen LogP) is 6.84. The summed E-state index contributed by atoms with van der Waals surface area (Å²) in [6.45, 7) is 6.87. The van der Waals surface area contributed by atoms with Crippen LogP contribution in [0, 0.1) is 5.41 Å². The Hall–Kier alpha value is -3.47. The van der Waals surface area contributed by atoms with Crippen molar-refractivity contribution in [1.82, 2.24) is 0 Å². The van der Waals surface area contributed by atoms with Gasteiger partial charge in [-0.25, -0.2) is 0 Å². The summed E-state index contributed by atoms with van der Waals surface area (Å²) >= 11 is 0. The van der Waals surface area contributed by atoms with Crippen LogP contribution < -0.4 is 19.7 Å². The molecular formula is C26H31N3O2. The molecule has 0 aliphatic heterocycles. The highest BCUT2D eigenvalue weighted by Gasteiger charge is 2.15. The van der Waals surface area contributed by atoms with Crippen molar-refractivity contribution in [1.29, 1.82) is 5.41 Å². The number of hydrogen-bond acceptors (Lipinski definition) is 3. The minimum Gasteiger partial charge on any atom is -0.494 e. The van der Waals surface area contributed by atoms with E-state index in [4.69, 9.17) is 14.9 Å². The molecule has 3 aromatic carbocycles. The topological polar surface area (TPSA) is 57.6 Å². The van der Waals surface area contributed by atoms with E-state index in [2.05, 4.69) is 12.2 Å². The summed E-state index contributed by atoms with van der Waals surface area (Å²) in [6, 6.07) is 25.4.